The van der Waals surface area contributed by atoms with E-state index >= 15 is 0 Å². The number of hydrogen-bond donors (Lipinski definition) is 2. The summed E-state index contributed by atoms with van der Waals surface area (Å²) in [6, 6.07) is 17.3. The van der Waals surface area contributed by atoms with Crippen molar-refractivity contribution >= 4 is 0 Å². The first-order valence-electron chi connectivity index (χ1n) is 10.0. The summed E-state index contributed by atoms with van der Waals surface area (Å²) in [6.07, 6.45) is 3.89. The lowest BCUT2D eigenvalue weighted by molar-refractivity contribution is 0.0580. The molecule has 0 bridgehead atoms. The second kappa shape index (κ2) is 8.45. The minimum Gasteiger partial charge on any atom is -0.497 e. The van der Waals surface area contributed by atoms with E-state index in [1.54, 1.807) is 7.11 Å². The highest BCUT2D eigenvalue weighted by molar-refractivity contribution is 5.64. The standard InChI is InChI=1S/C24H33NO2/c1-24(2,3)25-22-16-18(7-14-23(22)26)15-17-5-8-19(9-6-17)20-10-12-21(27-4)13-11-20/h5-6,8-13,18,22-23,25-26H,7,14-16H2,1-4H3/t18-,22-,23-/m0/s1. The Bertz CT molecular complexity index is 716. The average Bonchev–Trinajstić information content (AvgIpc) is 2.64. The molecular formula is C24H33NO2. The molecule has 2 aromatic carbocycles. The Kier molecular flexibility index (Phi) is 6.23. The van der Waals surface area contributed by atoms with Crippen LogP contribution in [0.2, 0.25) is 0 Å². The molecule has 146 valence electrons. The van der Waals surface area contributed by atoms with Crippen LogP contribution in [0.1, 0.15) is 45.6 Å². The SMILES string of the molecule is COc1ccc(-c2ccc(C[C@@H]3CC[C@H](O)[C@@H](NC(C)(C)C)C3)cc2)cc1. The van der Waals surface area contributed by atoms with Crippen molar-refractivity contribution in [1.82, 2.24) is 5.32 Å². The summed E-state index contributed by atoms with van der Waals surface area (Å²) in [5.41, 5.74) is 3.85. The second-order valence-electron chi connectivity index (χ2n) is 8.88. The summed E-state index contributed by atoms with van der Waals surface area (Å²) in [5.74, 6) is 1.51. The number of nitrogens with one attached hydrogen (secondary N) is 1. The maximum atomic E-state index is 10.3. The largest absolute Gasteiger partial charge is 0.497 e. The van der Waals surface area contributed by atoms with E-state index in [1.165, 1.54) is 16.7 Å². The van der Waals surface area contributed by atoms with Gasteiger partial charge in [0.2, 0.25) is 0 Å². The Balaban J connectivity index is 1.62. The van der Waals surface area contributed by atoms with Crippen LogP contribution in [0.3, 0.4) is 0 Å². The maximum Gasteiger partial charge on any atom is 0.118 e. The molecule has 0 saturated heterocycles. The Hall–Kier alpha value is -1.84. The predicted molar refractivity (Wildman–Crippen MR) is 112 cm³/mol. The minimum absolute atomic E-state index is 0.0353. The molecule has 0 aromatic heterocycles. The lowest BCUT2D eigenvalue weighted by Gasteiger charge is -2.38. The Morgan fingerprint density at radius 3 is 2.11 bits per heavy atom. The van der Waals surface area contributed by atoms with Crippen LogP contribution in [-0.2, 0) is 6.42 Å². The van der Waals surface area contributed by atoms with Crippen LogP contribution in [0, 0.1) is 5.92 Å². The predicted octanol–water partition coefficient (Wildman–Crippen LogP) is 4.82. The number of methoxy groups -OCH3 is 1. The maximum absolute atomic E-state index is 10.3. The van der Waals surface area contributed by atoms with Gasteiger partial charge in [0.05, 0.1) is 13.2 Å². The van der Waals surface area contributed by atoms with Crippen molar-refractivity contribution in [3.8, 4) is 16.9 Å². The van der Waals surface area contributed by atoms with Crippen LogP contribution in [0.5, 0.6) is 5.75 Å². The molecule has 3 rings (SSSR count). The zero-order valence-electron chi connectivity index (χ0n) is 17.0. The van der Waals surface area contributed by atoms with Gasteiger partial charge in [-0.1, -0.05) is 36.4 Å². The molecule has 1 fully saturated rings. The van der Waals surface area contributed by atoms with Crippen LogP contribution >= 0.6 is 0 Å². The second-order valence-corrected chi connectivity index (χ2v) is 8.88. The number of rotatable bonds is 5. The fourth-order valence-corrected chi connectivity index (χ4v) is 4.09. The molecule has 2 aromatic rings. The van der Waals surface area contributed by atoms with Gasteiger partial charge >= 0.3 is 0 Å². The fraction of sp³-hybridized carbons (Fsp3) is 0.500. The smallest absolute Gasteiger partial charge is 0.118 e. The third-order valence-electron chi connectivity index (χ3n) is 5.44. The molecule has 1 aliphatic rings. The summed E-state index contributed by atoms with van der Waals surface area (Å²) in [5, 5.41) is 13.9. The van der Waals surface area contributed by atoms with Crippen LogP contribution in [-0.4, -0.2) is 29.9 Å². The van der Waals surface area contributed by atoms with Crippen LogP contribution in [0.25, 0.3) is 11.1 Å². The molecule has 0 unspecified atom stereocenters. The van der Waals surface area contributed by atoms with E-state index in [0.717, 1.165) is 31.4 Å². The molecule has 1 saturated carbocycles. The van der Waals surface area contributed by atoms with Crippen molar-refractivity contribution in [2.75, 3.05) is 7.11 Å². The summed E-state index contributed by atoms with van der Waals surface area (Å²) < 4.78 is 5.23. The summed E-state index contributed by atoms with van der Waals surface area (Å²) in [4.78, 5) is 0. The number of hydrogen-bond acceptors (Lipinski definition) is 3. The van der Waals surface area contributed by atoms with Gasteiger partial charge in [-0.2, -0.15) is 0 Å². The molecule has 0 spiro atoms. The highest BCUT2D eigenvalue weighted by atomic mass is 16.5. The van der Waals surface area contributed by atoms with Gasteiger partial charge in [0, 0.05) is 11.6 Å². The lowest BCUT2D eigenvalue weighted by atomic mass is 9.79. The van der Waals surface area contributed by atoms with E-state index < -0.39 is 0 Å². The molecule has 0 aliphatic heterocycles. The van der Waals surface area contributed by atoms with Gasteiger partial charge in [0.15, 0.2) is 0 Å². The molecule has 3 nitrogen and oxygen atoms in total. The van der Waals surface area contributed by atoms with Crippen molar-refractivity contribution in [3.05, 3.63) is 54.1 Å². The van der Waals surface area contributed by atoms with Crippen LogP contribution in [0.4, 0.5) is 0 Å². The summed E-state index contributed by atoms with van der Waals surface area (Å²) in [7, 11) is 1.69. The molecule has 3 heteroatoms. The van der Waals surface area contributed by atoms with Crippen molar-refractivity contribution in [2.24, 2.45) is 5.92 Å². The first-order valence-corrected chi connectivity index (χ1v) is 10.0. The van der Waals surface area contributed by atoms with Gasteiger partial charge < -0.3 is 15.2 Å². The molecule has 1 aliphatic carbocycles. The Morgan fingerprint density at radius 2 is 1.56 bits per heavy atom. The number of ether oxygens (including phenoxy) is 1. The monoisotopic (exact) mass is 367 g/mol. The third kappa shape index (κ3) is 5.57. The number of benzene rings is 2. The van der Waals surface area contributed by atoms with E-state index in [9.17, 15) is 5.11 Å². The first-order chi connectivity index (χ1) is 12.8. The normalized spacial score (nSPS) is 23.2. The van der Waals surface area contributed by atoms with E-state index in [1.807, 2.05) is 12.1 Å². The molecule has 0 heterocycles. The average molecular weight is 368 g/mol. The minimum atomic E-state index is -0.224. The Morgan fingerprint density at radius 1 is 0.963 bits per heavy atom. The van der Waals surface area contributed by atoms with Crippen molar-refractivity contribution in [1.29, 1.82) is 0 Å². The van der Waals surface area contributed by atoms with E-state index in [0.29, 0.717) is 5.92 Å². The van der Waals surface area contributed by atoms with Crippen molar-refractivity contribution in [3.63, 3.8) is 0 Å². The first kappa shape index (κ1) is 19.9. The summed E-state index contributed by atoms with van der Waals surface area (Å²) >= 11 is 0. The van der Waals surface area contributed by atoms with Crippen molar-refractivity contribution in [2.45, 2.75) is 64.1 Å². The quantitative estimate of drug-likeness (QED) is 0.796. The van der Waals surface area contributed by atoms with E-state index in [-0.39, 0.29) is 17.7 Å². The molecule has 0 amide bonds. The molecular weight excluding hydrogens is 334 g/mol. The summed E-state index contributed by atoms with van der Waals surface area (Å²) in [6.45, 7) is 6.50. The van der Waals surface area contributed by atoms with Gasteiger partial charge in [0.1, 0.15) is 5.75 Å². The Labute approximate surface area is 163 Å². The van der Waals surface area contributed by atoms with Crippen LogP contribution in [0.15, 0.2) is 48.5 Å². The van der Waals surface area contributed by atoms with Crippen molar-refractivity contribution < 1.29 is 9.84 Å². The molecule has 3 atom stereocenters. The highest BCUT2D eigenvalue weighted by Crippen LogP contribution is 2.30. The molecule has 0 radical (unpaired) electrons. The molecule has 27 heavy (non-hydrogen) atoms. The fourth-order valence-electron chi connectivity index (χ4n) is 4.09. The lowest BCUT2D eigenvalue weighted by Crippen LogP contribution is -2.52. The topological polar surface area (TPSA) is 41.5 Å². The zero-order chi connectivity index (χ0) is 19.4. The van der Waals surface area contributed by atoms with Gasteiger partial charge in [-0.15, -0.1) is 0 Å². The van der Waals surface area contributed by atoms with Gasteiger partial charge in [-0.3, -0.25) is 0 Å². The molecule has 2 N–H and O–H groups in total. The zero-order valence-corrected chi connectivity index (χ0v) is 17.0. The van der Waals surface area contributed by atoms with Gasteiger partial charge in [0.25, 0.3) is 0 Å². The number of aliphatic hydroxyl groups excluding tert-OH is 1. The van der Waals surface area contributed by atoms with E-state index in [4.69, 9.17) is 4.74 Å². The van der Waals surface area contributed by atoms with Gasteiger partial charge in [-0.25, -0.2) is 0 Å². The van der Waals surface area contributed by atoms with Crippen LogP contribution < -0.4 is 10.1 Å². The third-order valence-corrected chi connectivity index (χ3v) is 5.44. The van der Waals surface area contributed by atoms with Gasteiger partial charge in [-0.05, 0) is 81.2 Å². The highest BCUT2D eigenvalue weighted by Gasteiger charge is 2.31. The number of aliphatic hydroxyl groups is 1. The van der Waals surface area contributed by atoms with E-state index in [2.05, 4.69) is 62.5 Å².